The SMILES string of the molecule is C=CCN(CC=C)C(=O)COC(=O)CCCNS(=O)(=O)c1ccc2c(c1)OCCO2. The van der Waals surface area contributed by atoms with E-state index in [0.29, 0.717) is 37.8 Å². The molecule has 30 heavy (non-hydrogen) atoms. The largest absolute Gasteiger partial charge is 0.486 e. The average molecular weight is 439 g/mol. The lowest BCUT2D eigenvalue weighted by Gasteiger charge is -2.19. The summed E-state index contributed by atoms with van der Waals surface area (Å²) in [6, 6.07) is 4.36. The molecule has 0 fully saturated rings. The van der Waals surface area contributed by atoms with Crippen LogP contribution in [0.5, 0.6) is 11.5 Å². The Morgan fingerprint density at radius 3 is 2.47 bits per heavy atom. The average Bonchev–Trinajstić information content (AvgIpc) is 2.74. The molecular formula is C20H26N2O7S. The molecule has 1 aliphatic heterocycles. The molecular weight excluding hydrogens is 412 g/mol. The van der Waals surface area contributed by atoms with Gasteiger partial charge >= 0.3 is 5.97 Å². The number of hydrogen-bond acceptors (Lipinski definition) is 7. The fourth-order valence-corrected chi connectivity index (χ4v) is 3.70. The maximum absolute atomic E-state index is 12.4. The molecule has 0 atom stereocenters. The van der Waals surface area contributed by atoms with Crippen LogP contribution in [0.25, 0.3) is 0 Å². The number of amides is 1. The molecule has 0 bridgehead atoms. The van der Waals surface area contributed by atoms with Crippen molar-refractivity contribution in [3.05, 3.63) is 43.5 Å². The first-order valence-corrected chi connectivity index (χ1v) is 10.9. The minimum atomic E-state index is -3.76. The van der Waals surface area contributed by atoms with Gasteiger partial charge in [0.2, 0.25) is 10.0 Å². The lowest BCUT2D eigenvalue weighted by atomic mass is 10.3. The molecule has 1 heterocycles. The third kappa shape index (κ3) is 6.89. The number of sulfonamides is 1. The summed E-state index contributed by atoms with van der Waals surface area (Å²) in [5.41, 5.74) is 0. The van der Waals surface area contributed by atoms with E-state index >= 15 is 0 Å². The lowest BCUT2D eigenvalue weighted by Crippen LogP contribution is -2.35. The van der Waals surface area contributed by atoms with Crippen LogP contribution in [0.4, 0.5) is 0 Å². The van der Waals surface area contributed by atoms with Crippen LogP contribution in [0.1, 0.15) is 12.8 Å². The highest BCUT2D eigenvalue weighted by molar-refractivity contribution is 7.89. The molecule has 0 aromatic heterocycles. The first kappa shape index (κ1) is 23.4. The number of hydrogen-bond donors (Lipinski definition) is 1. The van der Waals surface area contributed by atoms with Gasteiger partial charge in [-0.1, -0.05) is 12.2 Å². The van der Waals surface area contributed by atoms with Crippen molar-refractivity contribution in [2.24, 2.45) is 0 Å². The predicted molar refractivity (Wildman–Crippen MR) is 110 cm³/mol. The maximum atomic E-state index is 12.4. The van der Waals surface area contributed by atoms with Crippen molar-refractivity contribution in [1.29, 1.82) is 0 Å². The minimum absolute atomic E-state index is 0.0279. The van der Waals surface area contributed by atoms with Gasteiger partial charge in [-0.15, -0.1) is 13.2 Å². The summed E-state index contributed by atoms with van der Waals surface area (Å²) in [5, 5.41) is 0. The van der Waals surface area contributed by atoms with E-state index in [9.17, 15) is 18.0 Å². The Kier molecular flexibility index (Phi) is 8.88. The van der Waals surface area contributed by atoms with E-state index in [1.54, 1.807) is 18.2 Å². The first-order valence-electron chi connectivity index (χ1n) is 9.42. The van der Waals surface area contributed by atoms with Crippen molar-refractivity contribution in [3.63, 3.8) is 0 Å². The number of nitrogens with one attached hydrogen (secondary N) is 1. The maximum Gasteiger partial charge on any atom is 0.306 e. The van der Waals surface area contributed by atoms with Crippen molar-refractivity contribution in [3.8, 4) is 11.5 Å². The number of ether oxygens (including phenoxy) is 3. The minimum Gasteiger partial charge on any atom is -0.486 e. The van der Waals surface area contributed by atoms with Gasteiger partial charge in [0.15, 0.2) is 18.1 Å². The van der Waals surface area contributed by atoms with Crippen LogP contribution >= 0.6 is 0 Å². The van der Waals surface area contributed by atoms with Crippen LogP contribution in [0.2, 0.25) is 0 Å². The van der Waals surface area contributed by atoms with E-state index in [-0.39, 0.29) is 36.8 Å². The quantitative estimate of drug-likeness (QED) is 0.297. The van der Waals surface area contributed by atoms with E-state index in [0.717, 1.165) is 0 Å². The van der Waals surface area contributed by atoms with Crippen molar-refractivity contribution in [1.82, 2.24) is 9.62 Å². The molecule has 10 heteroatoms. The summed E-state index contributed by atoms with van der Waals surface area (Å²) in [7, 11) is -3.76. The standard InChI is InChI=1S/C20H26N2O7S/c1-3-10-22(11-4-2)19(23)15-29-20(24)6-5-9-21-30(25,26)16-7-8-17-18(14-16)28-13-12-27-17/h3-4,7-8,14,21H,1-2,5-6,9-13,15H2. The molecule has 9 nitrogen and oxygen atoms in total. The Hall–Kier alpha value is -2.85. The van der Waals surface area contributed by atoms with Gasteiger partial charge in [0, 0.05) is 32.1 Å². The smallest absolute Gasteiger partial charge is 0.306 e. The van der Waals surface area contributed by atoms with E-state index in [4.69, 9.17) is 14.2 Å². The van der Waals surface area contributed by atoms with Crippen LogP contribution in [0.15, 0.2) is 48.4 Å². The topological polar surface area (TPSA) is 111 Å². The molecule has 1 aliphatic rings. The molecule has 1 aromatic carbocycles. The number of nitrogens with zero attached hydrogens (tertiary/aromatic N) is 1. The Bertz CT molecular complexity index is 873. The Labute approximate surface area is 176 Å². The zero-order valence-electron chi connectivity index (χ0n) is 16.7. The summed E-state index contributed by atoms with van der Waals surface area (Å²) in [6.45, 7) is 8.21. The molecule has 1 N–H and O–H groups in total. The van der Waals surface area contributed by atoms with Gasteiger partial charge in [-0.05, 0) is 18.6 Å². The van der Waals surface area contributed by atoms with E-state index < -0.39 is 16.0 Å². The molecule has 1 aromatic rings. The van der Waals surface area contributed by atoms with Gasteiger partial charge < -0.3 is 19.1 Å². The second kappa shape index (κ2) is 11.4. The van der Waals surface area contributed by atoms with Gasteiger partial charge in [-0.2, -0.15) is 0 Å². The van der Waals surface area contributed by atoms with Gasteiger partial charge in [0.05, 0.1) is 4.90 Å². The molecule has 0 saturated carbocycles. The molecule has 2 rings (SSSR count). The Balaban J connectivity index is 1.74. The highest BCUT2D eigenvalue weighted by Crippen LogP contribution is 2.32. The molecule has 0 unspecified atom stereocenters. The molecule has 0 aliphatic carbocycles. The summed E-state index contributed by atoms with van der Waals surface area (Å²) in [5.74, 6) is -0.0712. The number of carbonyl (C=O) groups is 2. The summed E-state index contributed by atoms with van der Waals surface area (Å²) in [6.07, 6.45) is 3.33. The molecule has 1 amide bonds. The van der Waals surface area contributed by atoms with Gasteiger partial charge in [-0.25, -0.2) is 13.1 Å². The normalized spacial score (nSPS) is 12.7. The fourth-order valence-electron chi connectivity index (χ4n) is 2.61. The van der Waals surface area contributed by atoms with E-state index in [2.05, 4.69) is 17.9 Å². The third-order valence-electron chi connectivity index (χ3n) is 4.08. The van der Waals surface area contributed by atoms with Crippen molar-refractivity contribution in [2.45, 2.75) is 17.7 Å². The Morgan fingerprint density at radius 1 is 1.13 bits per heavy atom. The van der Waals surface area contributed by atoms with Crippen molar-refractivity contribution in [2.75, 3.05) is 39.5 Å². The van der Waals surface area contributed by atoms with Crippen LogP contribution < -0.4 is 14.2 Å². The Morgan fingerprint density at radius 2 is 1.80 bits per heavy atom. The molecule has 164 valence electrons. The van der Waals surface area contributed by atoms with Gasteiger partial charge in [0.1, 0.15) is 13.2 Å². The summed E-state index contributed by atoms with van der Waals surface area (Å²) < 4.78 is 42.9. The number of esters is 1. The second-order valence-corrected chi connectivity index (χ2v) is 8.11. The van der Waals surface area contributed by atoms with E-state index in [1.807, 2.05) is 0 Å². The second-order valence-electron chi connectivity index (χ2n) is 6.34. The lowest BCUT2D eigenvalue weighted by molar-refractivity contribution is -0.151. The van der Waals surface area contributed by atoms with Crippen LogP contribution in [0.3, 0.4) is 0 Å². The summed E-state index contributed by atoms with van der Waals surface area (Å²) in [4.78, 5) is 25.3. The van der Waals surface area contributed by atoms with Crippen LogP contribution in [-0.2, 0) is 24.3 Å². The number of fused-ring (bicyclic) bond motifs is 1. The zero-order chi connectivity index (χ0) is 22.0. The summed E-state index contributed by atoms with van der Waals surface area (Å²) >= 11 is 0. The fraction of sp³-hybridized carbons (Fsp3) is 0.400. The van der Waals surface area contributed by atoms with Gasteiger partial charge in [-0.3, -0.25) is 9.59 Å². The van der Waals surface area contributed by atoms with Gasteiger partial charge in [0.25, 0.3) is 5.91 Å². The van der Waals surface area contributed by atoms with E-state index in [1.165, 1.54) is 17.0 Å². The monoisotopic (exact) mass is 438 g/mol. The highest BCUT2D eigenvalue weighted by Gasteiger charge is 2.19. The first-order chi connectivity index (χ1) is 14.4. The molecule has 0 spiro atoms. The highest BCUT2D eigenvalue weighted by atomic mass is 32.2. The zero-order valence-corrected chi connectivity index (χ0v) is 17.5. The van der Waals surface area contributed by atoms with Crippen LogP contribution in [0, 0.1) is 0 Å². The molecule has 0 radical (unpaired) electrons. The number of benzene rings is 1. The number of carbonyl (C=O) groups excluding carboxylic acids is 2. The van der Waals surface area contributed by atoms with Crippen LogP contribution in [-0.4, -0.2) is 64.6 Å². The predicted octanol–water partition coefficient (Wildman–Crippen LogP) is 1.26. The van der Waals surface area contributed by atoms with Crippen molar-refractivity contribution < 1.29 is 32.2 Å². The third-order valence-corrected chi connectivity index (χ3v) is 5.54. The number of rotatable bonds is 12. The molecule has 0 saturated heterocycles. The van der Waals surface area contributed by atoms with Crippen molar-refractivity contribution >= 4 is 21.9 Å².